The van der Waals surface area contributed by atoms with Crippen LogP contribution in [0.1, 0.15) is 32.2 Å². The van der Waals surface area contributed by atoms with Gasteiger partial charge in [0.15, 0.2) is 35.1 Å². The Morgan fingerprint density at radius 3 is 2.43 bits per heavy atom. The van der Waals surface area contributed by atoms with Crippen molar-refractivity contribution in [1.82, 2.24) is 39.0 Å². The maximum Gasteiger partial charge on any atom is 0.472 e. The summed E-state index contributed by atoms with van der Waals surface area (Å²) in [6.07, 6.45) is -3.65. The predicted octanol–water partition coefficient (Wildman–Crippen LogP) is 0.436. The number of hydrogen-bond acceptors (Lipinski definition) is 17. The molecule has 0 amide bonds. The van der Waals surface area contributed by atoms with E-state index in [1.807, 2.05) is 6.92 Å². The van der Waals surface area contributed by atoms with E-state index in [1.54, 1.807) is 0 Å². The van der Waals surface area contributed by atoms with Gasteiger partial charge >= 0.3 is 15.4 Å². The number of nitrogens with zero attached hydrogens (tertiary/aromatic N) is 7. The number of nitrogens with one attached hydrogen (secondary N) is 1. The van der Waals surface area contributed by atoms with Crippen molar-refractivity contribution in [3.8, 4) is 0 Å². The fourth-order valence-corrected chi connectivity index (χ4v) is 8.34. The van der Waals surface area contributed by atoms with Crippen LogP contribution in [0.15, 0.2) is 23.8 Å². The zero-order valence-corrected chi connectivity index (χ0v) is 26.7. The van der Waals surface area contributed by atoms with Crippen molar-refractivity contribution in [3.63, 3.8) is 0 Å². The molecule has 3 aliphatic rings. The number of fused-ring (bicyclic) bond motifs is 5. The standard InChI is InChI=1S/C24H32N10O11P2/c1-3-4-10-11-5-41-47(38,39)45-17-12(43-22(15(17)35)33-8-29-13-18(25)27-7-28-19(13)33)6-40-46(2,37)44-16(10)23(42-11)34-9-30-14-20(34)31-24(26)32-21(14)36/h7-12,15-17,22-23,35H,3-6H2,1-2H3,(H,38,39)(H2,25,27,28)(H3,26,31,32,36)/t10?,11-,12-,15?,16?,17?,22-,23-,46?/m1/s1. The van der Waals surface area contributed by atoms with Crippen LogP contribution in [0.25, 0.3) is 22.3 Å². The molecule has 21 nitrogen and oxygen atoms in total. The van der Waals surface area contributed by atoms with Crippen molar-refractivity contribution in [2.75, 3.05) is 31.3 Å². The molecule has 4 aromatic rings. The molecule has 6 unspecified atom stereocenters. The van der Waals surface area contributed by atoms with E-state index in [2.05, 4.69) is 29.9 Å². The zero-order valence-electron chi connectivity index (χ0n) is 24.9. The number of aromatic amines is 1. The average Bonchev–Trinajstić information content (AvgIpc) is 3.76. The Morgan fingerprint density at radius 1 is 0.957 bits per heavy atom. The van der Waals surface area contributed by atoms with Crippen LogP contribution < -0.4 is 17.0 Å². The summed E-state index contributed by atoms with van der Waals surface area (Å²) >= 11 is 0. The van der Waals surface area contributed by atoms with Crippen LogP contribution in [0.3, 0.4) is 0 Å². The number of nitrogens with two attached hydrogens (primary N) is 2. The molecule has 47 heavy (non-hydrogen) atoms. The third-order valence-electron chi connectivity index (χ3n) is 8.26. The molecule has 7 N–H and O–H groups in total. The molecular formula is C24H32N10O11P2. The Morgan fingerprint density at radius 2 is 1.66 bits per heavy atom. The normalized spacial score (nSPS) is 36.6. The van der Waals surface area contributed by atoms with Crippen molar-refractivity contribution in [3.05, 3.63) is 29.3 Å². The molecule has 0 aromatic carbocycles. The quantitative estimate of drug-likeness (QED) is 0.181. The van der Waals surface area contributed by atoms with Crippen molar-refractivity contribution in [2.24, 2.45) is 5.92 Å². The van der Waals surface area contributed by atoms with Gasteiger partial charge in [-0.05, 0) is 6.42 Å². The van der Waals surface area contributed by atoms with Gasteiger partial charge in [-0.2, -0.15) is 4.98 Å². The lowest BCUT2D eigenvalue weighted by molar-refractivity contribution is -0.0622. The molecule has 3 fully saturated rings. The van der Waals surface area contributed by atoms with Crippen LogP contribution in [0.2, 0.25) is 0 Å². The molecule has 3 saturated heterocycles. The minimum atomic E-state index is -4.91. The van der Waals surface area contributed by atoms with Gasteiger partial charge in [0.1, 0.15) is 36.3 Å². The highest BCUT2D eigenvalue weighted by atomic mass is 31.2. The lowest BCUT2D eigenvalue weighted by Crippen LogP contribution is -2.36. The summed E-state index contributed by atoms with van der Waals surface area (Å²) < 4.78 is 65.2. The maximum absolute atomic E-state index is 13.9. The number of nitrogen functional groups attached to an aromatic ring is 2. The van der Waals surface area contributed by atoms with E-state index < -0.39 is 83.1 Å². The monoisotopic (exact) mass is 698 g/mol. The number of rotatable bonds is 4. The minimum absolute atomic E-state index is 0.0239. The second kappa shape index (κ2) is 12.0. The first-order valence-electron chi connectivity index (χ1n) is 14.6. The van der Waals surface area contributed by atoms with Gasteiger partial charge in [0.2, 0.25) is 5.95 Å². The van der Waals surface area contributed by atoms with Crippen molar-refractivity contribution in [2.45, 2.75) is 62.7 Å². The SMILES string of the molecule is CCCC1C2OP(C)(=O)OC[C@H]3O[C@@H](n4cnc5c(N)ncnc54)C(O)C3OP(=O)(O)OC[C@H]1O[C@H]2n1cnc2c(=O)[nH]c(N)nc21. The molecule has 7 heterocycles. The molecule has 0 aliphatic carbocycles. The molecule has 0 saturated carbocycles. The lowest BCUT2D eigenvalue weighted by atomic mass is 9.93. The largest absolute Gasteiger partial charge is 0.472 e. The number of imidazole rings is 2. The molecule has 254 valence electrons. The highest BCUT2D eigenvalue weighted by molar-refractivity contribution is 7.53. The molecule has 4 aromatic heterocycles. The zero-order chi connectivity index (χ0) is 33.2. The molecule has 3 aliphatic heterocycles. The number of hydrogen-bond donors (Lipinski definition) is 5. The third-order valence-corrected chi connectivity index (χ3v) is 10.5. The van der Waals surface area contributed by atoms with Crippen LogP contribution in [0.5, 0.6) is 0 Å². The fourth-order valence-electron chi connectivity index (χ4n) is 6.19. The van der Waals surface area contributed by atoms with E-state index >= 15 is 0 Å². The molecule has 0 spiro atoms. The Balaban J connectivity index is 1.23. The number of aliphatic hydroxyl groups excluding tert-OH is 1. The number of phosphoric ester groups is 1. The van der Waals surface area contributed by atoms with E-state index in [4.69, 9.17) is 39.0 Å². The topological polar surface area (TPSA) is 289 Å². The van der Waals surface area contributed by atoms with Gasteiger partial charge in [-0.3, -0.25) is 32.5 Å². The minimum Gasteiger partial charge on any atom is -0.386 e. The second-order valence-electron chi connectivity index (χ2n) is 11.4. The van der Waals surface area contributed by atoms with Crippen LogP contribution in [-0.2, 0) is 36.7 Å². The summed E-state index contributed by atoms with van der Waals surface area (Å²) in [5.74, 6) is -0.623. The number of ether oxygens (including phenoxy) is 2. The van der Waals surface area contributed by atoms with Gasteiger partial charge in [-0.1, -0.05) is 13.3 Å². The van der Waals surface area contributed by atoms with Gasteiger partial charge < -0.3 is 40.0 Å². The smallest absolute Gasteiger partial charge is 0.386 e. The number of aromatic nitrogens is 8. The van der Waals surface area contributed by atoms with Gasteiger partial charge in [-0.15, -0.1) is 0 Å². The first-order valence-corrected chi connectivity index (χ1v) is 18.0. The highest BCUT2D eigenvalue weighted by Crippen LogP contribution is 2.55. The van der Waals surface area contributed by atoms with Gasteiger partial charge in [0.25, 0.3) is 5.56 Å². The van der Waals surface area contributed by atoms with Gasteiger partial charge in [0.05, 0.1) is 32.0 Å². The first kappa shape index (κ1) is 32.2. The van der Waals surface area contributed by atoms with Crippen LogP contribution in [0.4, 0.5) is 11.8 Å². The Hall–Kier alpha value is -3.36. The Kier molecular flexibility index (Phi) is 8.19. The van der Waals surface area contributed by atoms with E-state index in [-0.39, 0.29) is 34.1 Å². The number of H-pyrrole nitrogens is 1. The van der Waals surface area contributed by atoms with Crippen molar-refractivity contribution >= 4 is 49.5 Å². The molecule has 0 radical (unpaired) electrons. The first-order chi connectivity index (χ1) is 22.4. The van der Waals surface area contributed by atoms with E-state index in [1.165, 1.54) is 34.8 Å². The Labute approximate surface area is 264 Å². The summed E-state index contributed by atoms with van der Waals surface area (Å²) in [5.41, 5.74) is 11.6. The molecule has 23 heteroatoms. The third kappa shape index (κ3) is 5.86. The van der Waals surface area contributed by atoms with Crippen LogP contribution in [0, 0.1) is 5.92 Å². The summed E-state index contributed by atoms with van der Waals surface area (Å²) in [5, 5.41) is 11.3. The van der Waals surface area contributed by atoms with Crippen LogP contribution in [-0.4, -0.2) is 99.4 Å². The molecule has 10 atom stereocenters. The number of anilines is 2. The second-order valence-corrected chi connectivity index (χ2v) is 14.8. The van der Waals surface area contributed by atoms with Gasteiger partial charge in [-0.25, -0.2) is 24.5 Å². The average molecular weight is 699 g/mol. The summed E-state index contributed by atoms with van der Waals surface area (Å²) in [6.45, 7) is 2.19. The van der Waals surface area contributed by atoms with Crippen molar-refractivity contribution in [1.29, 1.82) is 0 Å². The van der Waals surface area contributed by atoms with E-state index in [0.717, 1.165) is 0 Å². The summed E-state index contributed by atoms with van der Waals surface area (Å²) in [6, 6.07) is 0. The van der Waals surface area contributed by atoms with E-state index in [9.17, 15) is 23.9 Å². The summed E-state index contributed by atoms with van der Waals surface area (Å²) in [7, 11) is -8.89. The number of phosphoric acid groups is 1. The van der Waals surface area contributed by atoms with E-state index in [0.29, 0.717) is 12.8 Å². The van der Waals surface area contributed by atoms with Gasteiger partial charge in [0, 0.05) is 12.6 Å². The Bertz CT molecular complexity index is 1970. The predicted molar refractivity (Wildman–Crippen MR) is 160 cm³/mol. The highest BCUT2D eigenvalue weighted by Gasteiger charge is 2.53. The maximum atomic E-state index is 13.9. The lowest BCUT2D eigenvalue weighted by Gasteiger charge is -2.28. The van der Waals surface area contributed by atoms with Crippen LogP contribution >= 0.6 is 15.4 Å². The van der Waals surface area contributed by atoms with Crippen molar-refractivity contribution < 1.29 is 46.7 Å². The fraction of sp³-hybridized carbons (Fsp3) is 0.583. The molecular weight excluding hydrogens is 666 g/mol. The molecule has 7 rings (SSSR count). The summed E-state index contributed by atoms with van der Waals surface area (Å²) in [4.78, 5) is 46.3. The molecule has 2 bridgehead atoms. The number of aliphatic hydroxyl groups is 1.